The number of fused-ring (bicyclic) bond motifs is 1. The molecule has 3 rings (SSSR count). The van der Waals surface area contributed by atoms with Gasteiger partial charge in [-0.1, -0.05) is 37.7 Å². The van der Waals surface area contributed by atoms with Crippen molar-refractivity contribution in [1.29, 1.82) is 0 Å². The highest BCUT2D eigenvalue weighted by Crippen LogP contribution is 2.32. The van der Waals surface area contributed by atoms with Gasteiger partial charge in [0.25, 0.3) is 5.78 Å². The molecule has 0 saturated heterocycles. The molecule has 3 aromatic rings. The number of aromatic nitrogens is 6. The lowest BCUT2D eigenvalue weighted by molar-refractivity contribution is 0.364. The molecule has 110 valence electrons. The predicted molar refractivity (Wildman–Crippen MR) is 78.1 cm³/mol. The highest BCUT2D eigenvalue weighted by molar-refractivity contribution is 7.99. The lowest BCUT2D eigenvalue weighted by atomic mass is 9.96. The summed E-state index contributed by atoms with van der Waals surface area (Å²) in [5.74, 6) is 1.86. The van der Waals surface area contributed by atoms with Gasteiger partial charge in [-0.3, -0.25) is 0 Å². The van der Waals surface area contributed by atoms with E-state index in [0.29, 0.717) is 22.6 Å². The predicted octanol–water partition coefficient (Wildman–Crippen LogP) is 2.66. The van der Waals surface area contributed by atoms with Crippen molar-refractivity contribution in [2.75, 3.05) is 0 Å². The molecule has 1 unspecified atom stereocenters. The summed E-state index contributed by atoms with van der Waals surface area (Å²) in [6.45, 7) is 8.14. The molecule has 0 aromatic carbocycles. The van der Waals surface area contributed by atoms with Gasteiger partial charge in [0.05, 0.1) is 5.25 Å². The first-order valence-electron chi connectivity index (χ1n) is 6.61. The van der Waals surface area contributed by atoms with Gasteiger partial charge < -0.3 is 4.52 Å². The molecule has 8 heteroatoms. The smallest absolute Gasteiger partial charge is 0.253 e. The van der Waals surface area contributed by atoms with Crippen molar-refractivity contribution in [3.8, 4) is 0 Å². The van der Waals surface area contributed by atoms with Gasteiger partial charge in [0, 0.05) is 17.8 Å². The van der Waals surface area contributed by atoms with Gasteiger partial charge in [-0.05, 0) is 13.0 Å². The minimum atomic E-state index is -0.128. The van der Waals surface area contributed by atoms with E-state index in [1.54, 1.807) is 10.7 Å². The molecule has 0 aliphatic heterocycles. The van der Waals surface area contributed by atoms with Crippen LogP contribution < -0.4 is 0 Å². The highest BCUT2D eigenvalue weighted by Gasteiger charge is 2.24. The highest BCUT2D eigenvalue weighted by atomic mass is 32.2. The Morgan fingerprint density at radius 3 is 2.76 bits per heavy atom. The molecule has 0 amide bonds. The Hall–Kier alpha value is -1.96. The van der Waals surface area contributed by atoms with Gasteiger partial charge in [0.1, 0.15) is 0 Å². The second-order valence-electron chi connectivity index (χ2n) is 5.72. The molecular weight excluding hydrogens is 288 g/mol. The summed E-state index contributed by atoms with van der Waals surface area (Å²) >= 11 is 1.47. The molecule has 0 aliphatic carbocycles. The van der Waals surface area contributed by atoms with Crippen LogP contribution in [0.4, 0.5) is 0 Å². The van der Waals surface area contributed by atoms with Crippen molar-refractivity contribution in [2.24, 2.45) is 0 Å². The van der Waals surface area contributed by atoms with E-state index in [1.807, 2.05) is 19.2 Å². The summed E-state index contributed by atoms with van der Waals surface area (Å²) in [7, 11) is 0. The van der Waals surface area contributed by atoms with Crippen molar-refractivity contribution >= 4 is 17.5 Å². The number of nitrogens with zero attached hydrogens (tertiary/aromatic N) is 6. The maximum atomic E-state index is 5.34. The molecule has 3 heterocycles. The Labute approximate surface area is 126 Å². The van der Waals surface area contributed by atoms with Crippen molar-refractivity contribution < 1.29 is 4.52 Å². The zero-order chi connectivity index (χ0) is 15.0. The van der Waals surface area contributed by atoms with E-state index in [9.17, 15) is 0 Å². The van der Waals surface area contributed by atoms with Crippen molar-refractivity contribution in [2.45, 2.75) is 43.5 Å². The van der Waals surface area contributed by atoms with Gasteiger partial charge in [-0.2, -0.15) is 9.97 Å². The minimum Gasteiger partial charge on any atom is -0.338 e. The quantitative estimate of drug-likeness (QED) is 0.688. The Balaban J connectivity index is 1.79. The van der Waals surface area contributed by atoms with Crippen LogP contribution in [-0.2, 0) is 5.41 Å². The van der Waals surface area contributed by atoms with E-state index in [1.165, 1.54) is 11.8 Å². The van der Waals surface area contributed by atoms with Crippen LogP contribution in [0.5, 0.6) is 0 Å². The Bertz CT molecular complexity index is 726. The zero-order valence-electron chi connectivity index (χ0n) is 12.3. The maximum absolute atomic E-state index is 5.34. The first-order chi connectivity index (χ1) is 9.93. The average molecular weight is 304 g/mol. The first kappa shape index (κ1) is 14.0. The summed E-state index contributed by atoms with van der Waals surface area (Å²) < 4.78 is 6.98. The van der Waals surface area contributed by atoms with Crippen LogP contribution in [0.25, 0.3) is 5.78 Å². The number of rotatable bonds is 3. The minimum absolute atomic E-state index is 0.0222. The van der Waals surface area contributed by atoms with E-state index >= 15 is 0 Å². The Morgan fingerprint density at radius 2 is 2.10 bits per heavy atom. The maximum Gasteiger partial charge on any atom is 0.253 e. The summed E-state index contributed by atoms with van der Waals surface area (Å²) in [6.07, 6.45) is 3.50. The molecule has 0 N–H and O–H groups in total. The second-order valence-corrected chi connectivity index (χ2v) is 7.03. The molecule has 0 bridgehead atoms. The largest absolute Gasteiger partial charge is 0.338 e. The van der Waals surface area contributed by atoms with Gasteiger partial charge in [0.2, 0.25) is 11.0 Å². The van der Waals surface area contributed by atoms with Crippen LogP contribution >= 0.6 is 11.8 Å². The summed E-state index contributed by atoms with van der Waals surface area (Å²) in [5.41, 5.74) is -0.128. The molecule has 0 aliphatic rings. The Morgan fingerprint density at radius 1 is 1.29 bits per heavy atom. The van der Waals surface area contributed by atoms with E-state index in [4.69, 9.17) is 4.52 Å². The molecule has 0 saturated carbocycles. The van der Waals surface area contributed by atoms with Crippen LogP contribution in [0.15, 0.2) is 28.1 Å². The van der Waals surface area contributed by atoms with Crippen molar-refractivity contribution in [1.82, 2.24) is 29.7 Å². The Kier molecular flexibility index (Phi) is 3.40. The SMILES string of the molecule is CC(Sc1nc2ncccn2n1)c1nc(C(C)(C)C)no1. The molecule has 7 nitrogen and oxygen atoms in total. The zero-order valence-corrected chi connectivity index (χ0v) is 13.1. The lowest BCUT2D eigenvalue weighted by Gasteiger charge is -2.11. The monoisotopic (exact) mass is 304 g/mol. The van der Waals surface area contributed by atoms with Gasteiger partial charge in [0.15, 0.2) is 5.82 Å². The van der Waals surface area contributed by atoms with Crippen LogP contribution in [0.2, 0.25) is 0 Å². The second kappa shape index (κ2) is 5.10. The average Bonchev–Trinajstić information content (AvgIpc) is 3.04. The van der Waals surface area contributed by atoms with Crippen LogP contribution in [0.3, 0.4) is 0 Å². The van der Waals surface area contributed by atoms with Crippen LogP contribution in [-0.4, -0.2) is 29.7 Å². The van der Waals surface area contributed by atoms with Crippen LogP contribution in [0.1, 0.15) is 44.7 Å². The van der Waals surface area contributed by atoms with Gasteiger partial charge in [-0.25, -0.2) is 9.50 Å². The van der Waals surface area contributed by atoms with Crippen LogP contribution in [0, 0.1) is 0 Å². The third kappa shape index (κ3) is 2.90. The van der Waals surface area contributed by atoms with E-state index in [0.717, 1.165) is 0 Å². The number of hydrogen-bond donors (Lipinski definition) is 0. The standard InChI is InChI=1S/C13H16N6OS/c1-8(9-15-10(18-20-9)13(2,3)4)21-12-16-11-14-6-5-7-19(11)17-12/h5-8H,1-4H3. The van der Waals surface area contributed by atoms with Crippen molar-refractivity contribution in [3.05, 3.63) is 30.2 Å². The molecule has 0 spiro atoms. The molecule has 0 fully saturated rings. The molecule has 21 heavy (non-hydrogen) atoms. The molecule has 3 aromatic heterocycles. The normalized spacial score (nSPS) is 13.7. The van der Waals surface area contributed by atoms with E-state index in [2.05, 4.69) is 46.0 Å². The van der Waals surface area contributed by atoms with E-state index < -0.39 is 0 Å². The summed E-state index contributed by atoms with van der Waals surface area (Å²) in [6, 6.07) is 1.81. The summed E-state index contributed by atoms with van der Waals surface area (Å²) in [4.78, 5) is 12.9. The summed E-state index contributed by atoms with van der Waals surface area (Å²) in [5, 5.41) is 9.00. The molecule has 1 atom stereocenters. The third-order valence-electron chi connectivity index (χ3n) is 2.84. The molecular formula is C13H16N6OS. The topological polar surface area (TPSA) is 82.0 Å². The number of thioether (sulfide) groups is 1. The fraction of sp³-hybridized carbons (Fsp3) is 0.462. The molecule has 0 radical (unpaired) electrons. The lowest BCUT2D eigenvalue weighted by Crippen LogP contribution is -2.13. The first-order valence-corrected chi connectivity index (χ1v) is 7.49. The fourth-order valence-corrected chi connectivity index (χ4v) is 2.46. The third-order valence-corrected chi connectivity index (χ3v) is 3.78. The van der Waals surface area contributed by atoms with E-state index in [-0.39, 0.29) is 10.7 Å². The van der Waals surface area contributed by atoms with Gasteiger partial charge in [-0.15, -0.1) is 5.10 Å². The van der Waals surface area contributed by atoms with Crippen molar-refractivity contribution in [3.63, 3.8) is 0 Å². The fourth-order valence-electron chi connectivity index (χ4n) is 1.68. The number of hydrogen-bond acceptors (Lipinski definition) is 7. The van der Waals surface area contributed by atoms with Gasteiger partial charge >= 0.3 is 0 Å².